The SMILES string of the molecule is C/C(N)=C/C=C(\N)N1CC(CO)C1. The van der Waals surface area contributed by atoms with Gasteiger partial charge in [-0.1, -0.05) is 0 Å². The van der Waals surface area contributed by atoms with Gasteiger partial charge < -0.3 is 21.5 Å². The predicted molar refractivity (Wildman–Crippen MR) is 52.4 cm³/mol. The lowest BCUT2D eigenvalue weighted by atomic mass is 10.0. The highest BCUT2D eigenvalue weighted by Crippen LogP contribution is 2.17. The van der Waals surface area contributed by atoms with Gasteiger partial charge in [-0.2, -0.15) is 0 Å². The van der Waals surface area contributed by atoms with Gasteiger partial charge in [-0.05, 0) is 19.1 Å². The molecule has 1 rings (SSSR count). The van der Waals surface area contributed by atoms with E-state index < -0.39 is 0 Å². The van der Waals surface area contributed by atoms with E-state index >= 15 is 0 Å². The molecule has 5 N–H and O–H groups in total. The van der Waals surface area contributed by atoms with Crippen LogP contribution in [-0.4, -0.2) is 29.7 Å². The Morgan fingerprint density at radius 1 is 1.46 bits per heavy atom. The van der Waals surface area contributed by atoms with E-state index in [0.717, 1.165) is 24.6 Å². The van der Waals surface area contributed by atoms with Gasteiger partial charge in [0.25, 0.3) is 0 Å². The lowest BCUT2D eigenvalue weighted by molar-refractivity contribution is 0.0808. The molecule has 1 heterocycles. The largest absolute Gasteiger partial charge is 0.402 e. The first-order valence-corrected chi connectivity index (χ1v) is 4.39. The highest BCUT2D eigenvalue weighted by molar-refractivity contribution is 5.14. The van der Waals surface area contributed by atoms with Crippen LogP contribution in [0.5, 0.6) is 0 Å². The van der Waals surface area contributed by atoms with E-state index in [1.807, 2.05) is 11.8 Å². The maximum Gasteiger partial charge on any atom is 0.0987 e. The first-order chi connectivity index (χ1) is 6.13. The zero-order chi connectivity index (χ0) is 9.84. The van der Waals surface area contributed by atoms with Crippen molar-refractivity contribution in [3.05, 3.63) is 23.7 Å². The monoisotopic (exact) mass is 183 g/mol. The number of nitrogens with zero attached hydrogens (tertiary/aromatic N) is 1. The van der Waals surface area contributed by atoms with Crippen molar-refractivity contribution in [2.45, 2.75) is 6.92 Å². The van der Waals surface area contributed by atoms with Gasteiger partial charge in [0, 0.05) is 31.3 Å². The Kier molecular flexibility index (Phi) is 3.19. The van der Waals surface area contributed by atoms with Crippen LogP contribution >= 0.6 is 0 Å². The predicted octanol–water partition coefficient (Wildman–Crippen LogP) is -0.427. The maximum absolute atomic E-state index is 8.78. The summed E-state index contributed by atoms with van der Waals surface area (Å²) in [4.78, 5) is 2.01. The standard InChI is InChI=1S/C9H17N3O/c1-7(10)2-3-9(11)12-4-8(5-12)6-13/h2-3,8,13H,4-6,10-11H2,1H3/b7-2-,9-3+. The molecule has 0 aromatic heterocycles. The number of hydrogen-bond acceptors (Lipinski definition) is 4. The van der Waals surface area contributed by atoms with Crippen molar-refractivity contribution in [1.29, 1.82) is 0 Å². The molecule has 13 heavy (non-hydrogen) atoms. The molecule has 0 bridgehead atoms. The fourth-order valence-electron chi connectivity index (χ4n) is 1.22. The molecule has 0 unspecified atom stereocenters. The van der Waals surface area contributed by atoms with Crippen LogP contribution in [0.4, 0.5) is 0 Å². The third-order valence-electron chi connectivity index (χ3n) is 2.10. The molecule has 1 aliphatic rings. The van der Waals surface area contributed by atoms with Crippen molar-refractivity contribution in [1.82, 2.24) is 4.90 Å². The maximum atomic E-state index is 8.78. The Morgan fingerprint density at radius 3 is 2.54 bits per heavy atom. The highest BCUT2D eigenvalue weighted by Gasteiger charge is 2.25. The summed E-state index contributed by atoms with van der Waals surface area (Å²) >= 11 is 0. The molecular weight excluding hydrogens is 166 g/mol. The third kappa shape index (κ3) is 2.66. The average molecular weight is 183 g/mol. The second kappa shape index (κ2) is 4.18. The van der Waals surface area contributed by atoms with Crippen molar-refractivity contribution in [2.24, 2.45) is 17.4 Å². The van der Waals surface area contributed by atoms with E-state index in [0.29, 0.717) is 5.92 Å². The summed E-state index contributed by atoms with van der Waals surface area (Å²) in [5, 5.41) is 8.78. The van der Waals surface area contributed by atoms with E-state index in [-0.39, 0.29) is 6.61 Å². The van der Waals surface area contributed by atoms with Crippen LogP contribution in [0.3, 0.4) is 0 Å². The minimum Gasteiger partial charge on any atom is -0.402 e. The summed E-state index contributed by atoms with van der Waals surface area (Å²) in [7, 11) is 0. The summed E-state index contributed by atoms with van der Waals surface area (Å²) in [5.41, 5.74) is 11.9. The summed E-state index contributed by atoms with van der Waals surface area (Å²) in [6.45, 7) is 3.75. The van der Waals surface area contributed by atoms with Gasteiger partial charge in [-0.15, -0.1) is 0 Å². The van der Waals surface area contributed by atoms with Gasteiger partial charge in [0.2, 0.25) is 0 Å². The second-order valence-electron chi connectivity index (χ2n) is 3.46. The Morgan fingerprint density at radius 2 is 2.08 bits per heavy atom. The Labute approximate surface area is 78.5 Å². The number of hydrogen-bond donors (Lipinski definition) is 3. The number of aliphatic hydroxyl groups is 1. The van der Waals surface area contributed by atoms with Crippen molar-refractivity contribution in [3.63, 3.8) is 0 Å². The van der Waals surface area contributed by atoms with Gasteiger partial charge >= 0.3 is 0 Å². The molecule has 0 amide bonds. The van der Waals surface area contributed by atoms with Crippen LogP contribution in [-0.2, 0) is 0 Å². The first kappa shape index (κ1) is 9.92. The van der Waals surface area contributed by atoms with E-state index in [9.17, 15) is 0 Å². The average Bonchev–Trinajstić information content (AvgIpc) is 1.99. The van der Waals surface area contributed by atoms with E-state index in [2.05, 4.69) is 0 Å². The molecule has 74 valence electrons. The lowest BCUT2D eigenvalue weighted by Gasteiger charge is -2.39. The van der Waals surface area contributed by atoms with E-state index in [1.165, 1.54) is 0 Å². The Hall–Kier alpha value is -1.16. The van der Waals surface area contributed by atoms with Crippen LogP contribution in [0.2, 0.25) is 0 Å². The summed E-state index contributed by atoms with van der Waals surface area (Å²) < 4.78 is 0. The molecule has 0 saturated carbocycles. The molecule has 1 saturated heterocycles. The van der Waals surface area contributed by atoms with Crippen LogP contribution in [0, 0.1) is 5.92 Å². The van der Waals surface area contributed by atoms with Gasteiger partial charge in [0.05, 0.1) is 5.82 Å². The van der Waals surface area contributed by atoms with Gasteiger partial charge in [0.1, 0.15) is 0 Å². The minimum atomic E-state index is 0.246. The van der Waals surface area contributed by atoms with E-state index in [1.54, 1.807) is 12.2 Å². The molecule has 0 radical (unpaired) electrons. The Bertz CT molecular complexity index is 225. The molecule has 0 aromatic rings. The summed E-state index contributed by atoms with van der Waals surface area (Å²) in [6.07, 6.45) is 3.57. The molecule has 1 fully saturated rings. The summed E-state index contributed by atoms with van der Waals surface area (Å²) in [5.74, 6) is 1.10. The topological polar surface area (TPSA) is 75.5 Å². The molecule has 0 atom stereocenters. The zero-order valence-corrected chi connectivity index (χ0v) is 7.90. The minimum absolute atomic E-state index is 0.246. The fourth-order valence-corrected chi connectivity index (χ4v) is 1.22. The number of rotatable bonds is 3. The number of nitrogens with two attached hydrogens (primary N) is 2. The number of aliphatic hydroxyl groups excluding tert-OH is 1. The molecule has 4 heteroatoms. The smallest absolute Gasteiger partial charge is 0.0987 e. The van der Waals surface area contributed by atoms with Crippen molar-refractivity contribution in [2.75, 3.05) is 19.7 Å². The van der Waals surface area contributed by atoms with Crippen molar-refractivity contribution < 1.29 is 5.11 Å². The third-order valence-corrected chi connectivity index (χ3v) is 2.10. The molecule has 0 aliphatic carbocycles. The summed E-state index contributed by atoms with van der Waals surface area (Å²) in [6, 6.07) is 0. The molecule has 0 aromatic carbocycles. The quantitative estimate of drug-likeness (QED) is 0.519. The second-order valence-corrected chi connectivity index (χ2v) is 3.46. The van der Waals surface area contributed by atoms with Crippen molar-refractivity contribution in [3.8, 4) is 0 Å². The molecular formula is C9H17N3O. The van der Waals surface area contributed by atoms with E-state index in [4.69, 9.17) is 16.6 Å². The lowest BCUT2D eigenvalue weighted by Crippen LogP contribution is -2.49. The Balaban J connectivity index is 2.38. The van der Waals surface area contributed by atoms with Crippen molar-refractivity contribution >= 4 is 0 Å². The number of allylic oxidation sites excluding steroid dienone is 3. The fraction of sp³-hybridized carbons (Fsp3) is 0.556. The highest BCUT2D eigenvalue weighted by atomic mass is 16.3. The normalized spacial score (nSPS) is 20.3. The van der Waals surface area contributed by atoms with Crippen LogP contribution in [0.15, 0.2) is 23.7 Å². The molecule has 0 spiro atoms. The zero-order valence-electron chi connectivity index (χ0n) is 7.90. The number of likely N-dealkylation sites (tertiary alicyclic amines) is 1. The van der Waals surface area contributed by atoms with Crippen LogP contribution in [0.1, 0.15) is 6.92 Å². The molecule has 1 aliphatic heterocycles. The molecule has 4 nitrogen and oxygen atoms in total. The van der Waals surface area contributed by atoms with Crippen LogP contribution in [0.25, 0.3) is 0 Å². The van der Waals surface area contributed by atoms with Gasteiger partial charge in [-0.25, -0.2) is 0 Å². The van der Waals surface area contributed by atoms with Crippen LogP contribution < -0.4 is 11.5 Å². The first-order valence-electron chi connectivity index (χ1n) is 4.39. The van der Waals surface area contributed by atoms with Gasteiger partial charge in [-0.3, -0.25) is 0 Å². The van der Waals surface area contributed by atoms with Gasteiger partial charge in [0.15, 0.2) is 0 Å².